The SMILES string of the molecule is C#CC(C)NCC(=O)OC(C)C. The van der Waals surface area contributed by atoms with Crippen LogP contribution in [-0.4, -0.2) is 24.7 Å². The van der Waals surface area contributed by atoms with E-state index in [-0.39, 0.29) is 24.7 Å². The second kappa shape index (κ2) is 5.62. The summed E-state index contributed by atoms with van der Waals surface area (Å²) >= 11 is 0. The lowest BCUT2D eigenvalue weighted by molar-refractivity contribution is -0.146. The van der Waals surface area contributed by atoms with E-state index in [1.54, 1.807) is 0 Å². The molecule has 0 aromatic rings. The fourth-order valence-electron chi connectivity index (χ4n) is 0.600. The van der Waals surface area contributed by atoms with Crippen LogP contribution in [-0.2, 0) is 9.53 Å². The number of carbonyl (C=O) groups is 1. The Balaban J connectivity index is 3.52. The third-order valence-electron chi connectivity index (χ3n) is 1.17. The van der Waals surface area contributed by atoms with Crippen molar-refractivity contribution in [2.45, 2.75) is 32.9 Å². The molecule has 3 heteroatoms. The molecule has 0 spiro atoms. The van der Waals surface area contributed by atoms with Crippen molar-refractivity contribution in [3.63, 3.8) is 0 Å². The summed E-state index contributed by atoms with van der Waals surface area (Å²) < 4.78 is 4.88. The van der Waals surface area contributed by atoms with Crippen LogP contribution >= 0.6 is 0 Å². The highest BCUT2D eigenvalue weighted by Crippen LogP contribution is 1.88. The molecule has 0 aliphatic carbocycles. The van der Waals surface area contributed by atoms with Crippen LogP contribution < -0.4 is 5.32 Å². The molecule has 0 heterocycles. The van der Waals surface area contributed by atoms with Gasteiger partial charge in [0.2, 0.25) is 0 Å². The number of ether oxygens (including phenoxy) is 1. The topological polar surface area (TPSA) is 38.3 Å². The Bertz CT molecular complexity index is 181. The van der Waals surface area contributed by atoms with Gasteiger partial charge in [-0.05, 0) is 20.8 Å². The first kappa shape index (κ1) is 11.0. The van der Waals surface area contributed by atoms with Crippen molar-refractivity contribution in [1.29, 1.82) is 0 Å². The summed E-state index contributed by atoms with van der Waals surface area (Å²) in [4.78, 5) is 10.9. The van der Waals surface area contributed by atoms with E-state index < -0.39 is 0 Å². The molecule has 0 saturated heterocycles. The van der Waals surface area contributed by atoms with E-state index in [2.05, 4.69) is 11.2 Å². The maximum absolute atomic E-state index is 10.9. The van der Waals surface area contributed by atoms with Gasteiger partial charge in [-0.25, -0.2) is 0 Å². The Morgan fingerprint density at radius 3 is 2.58 bits per heavy atom. The number of nitrogens with one attached hydrogen (secondary N) is 1. The molecule has 0 rings (SSSR count). The molecule has 0 aromatic carbocycles. The van der Waals surface area contributed by atoms with Crippen LogP contribution in [0, 0.1) is 12.3 Å². The maximum Gasteiger partial charge on any atom is 0.320 e. The van der Waals surface area contributed by atoms with E-state index in [1.807, 2.05) is 20.8 Å². The van der Waals surface area contributed by atoms with E-state index in [0.717, 1.165) is 0 Å². The Kier molecular flexibility index (Phi) is 5.14. The largest absolute Gasteiger partial charge is 0.462 e. The minimum absolute atomic E-state index is 0.0690. The molecule has 0 aliphatic heterocycles. The van der Waals surface area contributed by atoms with Crippen molar-refractivity contribution in [3.8, 4) is 12.3 Å². The summed E-state index contributed by atoms with van der Waals surface area (Å²) in [5.41, 5.74) is 0. The first-order chi connectivity index (χ1) is 5.56. The van der Waals surface area contributed by atoms with Crippen molar-refractivity contribution >= 4 is 5.97 Å². The number of esters is 1. The van der Waals surface area contributed by atoms with E-state index in [4.69, 9.17) is 11.2 Å². The van der Waals surface area contributed by atoms with Crippen LogP contribution in [0.5, 0.6) is 0 Å². The molecule has 3 nitrogen and oxygen atoms in total. The summed E-state index contributed by atoms with van der Waals surface area (Å²) in [6.45, 7) is 5.59. The zero-order chi connectivity index (χ0) is 9.56. The van der Waals surface area contributed by atoms with Gasteiger partial charge in [-0.3, -0.25) is 10.1 Å². The Labute approximate surface area is 73.5 Å². The van der Waals surface area contributed by atoms with Gasteiger partial charge in [-0.1, -0.05) is 5.92 Å². The third kappa shape index (κ3) is 5.75. The number of terminal acetylenes is 1. The normalized spacial score (nSPS) is 12.2. The molecule has 0 fully saturated rings. The zero-order valence-corrected chi connectivity index (χ0v) is 7.76. The van der Waals surface area contributed by atoms with Gasteiger partial charge in [-0.15, -0.1) is 6.42 Å². The molecule has 0 saturated carbocycles. The lowest BCUT2D eigenvalue weighted by Gasteiger charge is -2.09. The van der Waals surface area contributed by atoms with Crippen LogP contribution in [0.15, 0.2) is 0 Å². The van der Waals surface area contributed by atoms with Gasteiger partial charge in [0.1, 0.15) is 0 Å². The highest BCUT2D eigenvalue weighted by molar-refractivity contribution is 5.71. The number of hydrogen-bond donors (Lipinski definition) is 1. The van der Waals surface area contributed by atoms with Crippen molar-refractivity contribution in [3.05, 3.63) is 0 Å². The molecular weight excluding hydrogens is 154 g/mol. The van der Waals surface area contributed by atoms with Crippen molar-refractivity contribution in [2.75, 3.05) is 6.54 Å². The monoisotopic (exact) mass is 169 g/mol. The fourth-order valence-corrected chi connectivity index (χ4v) is 0.600. The average Bonchev–Trinajstić information content (AvgIpc) is 1.99. The second-order valence-electron chi connectivity index (χ2n) is 2.81. The Morgan fingerprint density at radius 2 is 2.17 bits per heavy atom. The maximum atomic E-state index is 10.9. The van der Waals surface area contributed by atoms with Crippen LogP contribution in [0.25, 0.3) is 0 Å². The van der Waals surface area contributed by atoms with Crippen LogP contribution in [0.3, 0.4) is 0 Å². The minimum atomic E-state index is -0.271. The average molecular weight is 169 g/mol. The lowest BCUT2D eigenvalue weighted by Crippen LogP contribution is -2.32. The zero-order valence-electron chi connectivity index (χ0n) is 7.76. The van der Waals surface area contributed by atoms with Gasteiger partial charge < -0.3 is 4.74 Å². The van der Waals surface area contributed by atoms with Crippen molar-refractivity contribution < 1.29 is 9.53 Å². The quantitative estimate of drug-likeness (QED) is 0.493. The molecular formula is C9H15NO2. The van der Waals surface area contributed by atoms with Gasteiger partial charge in [0.25, 0.3) is 0 Å². The first-order valence-corrected chi connectivity index (χ1v) is 3.95. The van der Waals surface area contributed by atoms with Crippen molar-refractivity contribution in [2.24, 2.45) is 0 Å². The van der Waals surface area contributed by atoms with Crippen LogP contribution in [0.4, 0.5) is 0 Å². The summed E-state index contributed by atoms with van der Waals surface area (Å²) in [7, 11) is 0. The summed E-state index contributed by atoms with van der Waals surface area (Å²) in [5, 5.41) is 2.83. The van der Waals surface area contributed by atoms with Gasteiger partial charge in [0, 0.05) is 0 Å². The molecule has 0 aromatic heterocycles. The highest BCUT2D eigenvalue weighted by Gasteiger charge is 2.05. The molecule has 68 valence electrons. The minimum Gasteiger partial charge on any atom is -0.462 e. The van der Waals surface area contributed by atoms with Gasteiger partial charge >= 0.3 is 5.97 Å². The summed E-state index contributed by atoms with van der Waals surface area (Å²) in [6, 6.07) is -0.0929. The highest BCUT2D eigenvalue weighted by atomic mass is 16.5. The molecule has 0 radical (unpaired) electrons. The molecule has 1 unspecified atom stereocenters. The Hall–Kier alpha value is -1.01. The lowest BCUT2D eigenvalue weighted by atomic mass is 10.3. The molecule has 12 heavy (non-hydrogen) atoms. The molecule has 0 amide bonds. The summed E-state index contributed by atoms with van der Waals surface area (Å²) in [5.74, 6) is 2.18. The van der Waals surface area contributed by atoms with E-state index in [1.165, 1.54) is 0 Å². The third-order valence-corrected chi connectivity index (χ3v) is 1.17. The molecule has 0 aliphatic rings. The fraction of sp³-hybridized carbons (Fsp3) is 0.667. The van der Waals surface area contributed by atoms with E-state index in [0.29, 0.717) is 0 Å². The Morgan fingerprint density at radius 1 is 1.58 bits per heavy atom. The smallest absolute Gasteiger partial charge is 0.320 e. The van der Waals surface area contributed by atoms with Gasteiger partial charge in [0.15, 0.2) is 0 Å². The van der Waals surface area contributed by atoms with Crippen molar-refractivity contribution in [1.82, 2.24) is 5.32 Å². The second-order valence-corrected chi connectivity index (χ2v) is 2.81. The molecule has 0 bridgehead atoms. The first-order valence-electron chi connectivity index (χ1n) is 3.95. The molecule has 1 N–H and O–H groups in total. The van der Waals surface area contributed by atoms with Gasteiger partial charge in [0.05, 0.1) is 18.7 Å². The predicted octanol–water partition coefficient (Wildman–Crippen LogP) is 0.549. The number of rotatable bonds is 4. The summed E-state index contributed by atoms with van der Waals surface area (Å²) in [6.07, 6.45) is 5.03. The predicted molar refractivity (Wildman–Crippen MR) is 47.5 cm³/mol. The van der Waals surface area contributed by atoms with E-state index in [9.17, 15) is 4.79 Å². The van der Waals surface area contributed by atoms with Gasteiger partial charge in [-0.2, -0.15) is 0 Å². The van der Waals surface area contributed by atoms with Crippen LogP contribution in [0.2, 0.25) is 0 Å². The number of hydrogen-bond acceptors (Lipinski definition) is 3. The van der Waals surface area contributed by atoms with E-state index >= 15 is 0 Å². The van der Waals surface area contributed by atoms with Crippen LogP contribution in [0.1, 0.15) is 20.8 Å². The molecule has 1 atom stereocenters. The standard InChI is InChI=1S/C9H15NO2/c1-5-8(4)10-6-9(11)12-7(2)3/h1,7-8,10H,6H2,2-4H3. The number of carbonyl (C=O) groups excluding carboxylic acids is 1.